The minimum atomic E-state index is -0.127. The molecule has 0 radical (unpaired) electrons. The molecule has 2 N–H and O–H groups in total. The second-order valence-electron chi connectivity index (χ2n) is 4.45. The minimum Gasteiger partial charge on any atom is -0.351 e. The van der Waals surface area contributed by atoms with Crippen LogP contribution >= 0.6 is 0 Å². The Labute approximate surface area is 81.3 Å². The standard InChI is InChI=1S/C10H22N2O/c1-6-11-7-8(2)9(13)12-10(3,4)5/h8,11H,6-7H2,1-5H3,(H,12,13). The van der Waals surface area contributed by atoms with Crippen LogP contribution in [-0.2, 0) is 4.79 Å². The lowest BCUT2D eigenvalue weighted by molar-refractivity contribution is -0.125. The van der Waals surface area contributed by atoms with E-state index in [-0.39, 0.29) is 17.4 Å². The number of carbonyl (C=O) groups is 1. The van der Waals surface area contributed by atoms with Crippen LogP contribution in [0, 0.1) is 5.92 Å². The summed E-state index contributed by atoms with van der Waals surface area (Å²) in [6.07, 6.45) is 0. The van der Waals surface area contributed by atoms with Gasteiger partial charge in [0, 0.05) is 18.0 Å². The molecule has 0 saturated carbocycles. The van der Waals surface area contributed by atoms with E-state index in [4.69, 9.17) is 0 Å². The lowest BCUT2D eigenvalue weighted by atomic mass is 10.1. The second kappa shape index (κ2) is 5.22. The number of nitrogens with one attached hydrogen (secondary N) is 2. The van der Waals surface area contributed by atoms with Crippen LogP contribution < -0.4 is 10.6 Å². The molecule has 0 spiro atoms. The number of rotatable bonds is 4. The molecule has 0 rings (SSSR count). The molecule has 0 aliphatic carbocycles. The van der Waals surface area contributed by atoms with E-state index in [0.717, 1.165) is 13.1 Å². The molecule has 1 unspecified atom stereocenters. The molecular formula is C10H22N2O. The molecule has 3 nitrogen and oxygen atoms in total. The average Bonchev–Trinajstić information content (AvgIpc) is 1.96. The van der Waals surface area contributed by atoms with Crippen LogP contribution in [0.25, 0.3) is 0 Å². The number of hydrogen-bond donors (Lipinski definition) is 2. The molecule has 0 aromatic heterocycles. The Bertz CT molecular complexity index is 161. The first-order valence-electron chi connectivity index (χ1n) is 4.89. The number of amides is 1. The molecule has 0 heterocycles. The fraction of sp³-hybridized carbons (Fsp3) is 0.900. The van der Waals surface area contributed by atoms with Crippen molar-refractivity contribution in [3.63, 3.8) is 0 Å². The smallest absolute Gasteiger partial charge is 0.224 e. The van der Waals surface area contributed by atoms with Gasteiger partial charge < -0.3 is 10.6 Å². The van der Waals surface area contributed by atoms with Crippen molar-refractivity contribution in [2.24, 2.45) is 5.92 Å². The Morgan fingerprint density at radius 1 is 1.38 bits per heavy atom. The van der Waals surface area contributed by atoms with Crippen LogP contribution in [0.3, 0.4) is 0 Å². The van der Waals surface area contributed by atoms with Gasteiger partial charge in [-0.25, -0.2) is 0 Å². The van der Waals surface area contributed by atoms with Gasteiger partial charge in [0.05, 0.1) is 0 Å². The monoisotopic (exact) mass is 186 g/mol. The summed E-state index contributed by atoms with van der Waals surface area (Å²) in [5.41, 5.74) is -0.127. The lowest BCUT2D eigenvalue weighted by Crippen LogP contribution is -2.45. The maximum absolute atomic E-state index is 11.5. The molecule has 0 aliphatic heterocycles. The Hall–Kier alpha value is -0.570. The largest absolute Gasteiger partial charge is 0.351 e. The third kappa shape index (κ3) is 6.58. The Morgan fingerprint density at radius 2 is 1.92 bits per heavy atom. The predicted molar refractivity (Wildman–Crippen MR) is 55.6 cm³/mol. The summed E-state index contributed by atoms with van der Waals surface area (Å²) in [5, 5.41) is 6.10. The molecular weight excluding hydrogens is 164 g/mol. The zero-order valence-corrected chi connectivity index (χ0v) is 9.40. The van der Waals surface area contributed by atoms with Gasteiger partial charge in [-0.15, -0.1) is 0 Å². The van der Waals surface area contributed by atoms with Gasteiger partial charge in [-0.3, -0.25) is 4.79 Å². The van der Waals surface area contributed by atoms with Crippen LogP contribution in [0.1, 0.15) is 34.6 Å². The first-order valence-corrected chi connectivity index (χ1v) is 4.89. The van der Waals surface area contributed by atoms with Crippen molar-refractivity contribution in [1.29, 1.82) is 0 Å². The van der Waals surface area contributed by atoms with Crippen molar-refractivity contribution < 1.29 is 4.79 Å². The van der Waals surface area contributed by atoms with Crippen LogP contribution in [0.4, 0.5) is 0 Å². The summed E-state index contributed by atoms with van der Waals surface area (Å²) in [5.74, 6) is 0.160. The zero-order valence-electron chi connectivity index (χ0n) is 9.40. The van der Waals surface area contributed by atoms with Crippen LogP contribution in [-0.4, -0.2) is 24.5 Å². The molecule has 0 aliphatic rings. The van der Waals surface area contributed by atoms with Gasteiger partial charge in [0.25, 0.3) is 0 Å². The highest BCUT2D eigenvalue weighted by molar-refractivity contribution is 5.79. The van der Waals surface area contributed by atoms with Gasteiger partial charge in [-0.1, -0.05) is 13.8 Å². The van der Waals surface area contributed by atoms with Gasteiger partial charge in [0.15, 0.2) is 0 Å². The summed E-state index contributed by atoms with van der Waals surface area (Å²) in [7, 11) is 0. The van der Waals surface area contributed by atoms with Gasteiger partial charge in [-0.2, -0.15) is 0 Å². The summed E-state index contributed by atoms with van der Waals surface area (Å²) >= 11 is 0. The van der Waals surface area contributed by atoms with E-state index in [1.165, 1.54) is 0 Å². The highest BCUT2D eigenvalue weighted by Gasteiger charge is 2.18. The highest BCUT2D eigenvalue weighted by atomic mass is 16.2. The van der Waals surface area contributed by atoms with Crippen molar-refractivity contribution in [3.05, 3.63) is 0 Å². The van der Waals surface area contributed by atoms with Crippen molar-refractivity contribution >= 4 is 5.91 Å². The topological polar surface area (TPSA) is 41.1 Å². The van der Waals surface area contributed by atoms with E-state index in [0.29, 0.717) is 0 Å². The summed E-state index contributed by atoms with van der Waals surface area (Å²) in [6, 6.07) is 0. The fourth-order valence-electron chi connectivity index (χ4n) is 0.946. The van der Waals surface area contributed by atoms with Crippen molar-refractivity contribution in [2.45, 2.75) is 40.2 Å². The molecule has 0 aromatic carbocycles. The number of hydrogen-bond acceptors (Lipinski definition) is 2. The molecule has 0 bridgehead atoms. The molecule has 0 saturated heterocycles. The minimum absolute atomic E-state index is 0.0409. The fourth-order valence-corrected chi connectivity index (χ4v) is 0.946. The normalized spacial score (nSPS) is 13.9. The first kappa shape index (κ1) is 12.4. The van der Waals surface area contributed by atoms with Crippen molar-refractivity contribution in [1.82, 2.24) is 10.6 Å². The Kier molecular flexibility index (Phi) is 4.99. The van der Waals surface area contributed by atoms with Gasteiger partial charge in [0.2, 0.25) is 5.91 Å². The van der Waals surface area contributed by atoms with Crippen LogP contribution in [0.15, 0.2) is 0 Å². The summed E-state index contributed by atoms with van der Waals surface area (Å²) in [6.45, 7) is 11.6. The highest BCUT2D eigenvalue weighted by Crippen LogP contribution is 2.02. The molecule has 13 heavy (non-hydrogen) atoms. The van der Waals surface area contributed by atoms with Crippen LogP contribution in [0.2, 0.25) is 0 Å². The van der Waals surface area contributed by atoms with E-state index in [2.05, 4.69) is 10.6 Å². The molecule has 1 amide bonds. The van der Waals surface area contributed by atoms with Gasteiger partial charge >= 0.3 is 0 Å². The van der Waals surface area contributed by atoms with Crippen molar-refractivity contribution in [3.8, 4) is 0 Å². The molecule has 0 fully saturated rings. The molecule has 78 valence electrons. The second-order valence-corrected chi connectivity index (χ2v) is 4.45. The third-order valence-electron chi connectivity index (χ3n) is 1.65. The average molecular weight is 186 g/mol. The maximum atomic E-state index is 11.5. The molecule has 3 heteroatoms. The van der Waals surface area contributed by atoms with E-state index < -0.39 is 0 Å². The Balaban J connectivity index is 3.83. The van der Waals surface area contributed by atoms with Crippen LogP contribution in [0.5, 0.6) is 0 Å². The SMILES string of the molecule is CCNCC(C)C(=O)NC(C)(C)C. The predicted octanol–water partition coefficient (Wildman–Crippen LogP) is 1.15. The van der Waals surface area contributed by atoms with E-state index >= 15 is 0 Å². The lowest BCUT2D eigenvalue weighted by Gasteiger charge is -2.23. The van der Waals surface area contributed by atoms with Gasteiger partial charge in [-0.05, 0) is 27.3 Å². The third-order valence-corrected chi connectivity index (χ3v) is 1.65. The first-order chi connectivity index (χ1) is 5.87. The van der Waals surface area contributed by atoms with E-state index in [1.807, 2.05) is 34.6 Å². The van der Waals surface area contributed by atoms with E-state index in [1.54, 1.807) is 0 Å². The molecule has 0 aromatic rings. The summed E-state index contributed by atoms with van der Waals surface area (Å²) in [4.78, 5) is 11.5. The maximum Gasteiger partial charge on any atom is 0.224 e. The quantitative estimate of drug-likeness (QED) is 0.691. The van der Waals surface area contributed by atoms with Gasteiger partial charge in [0.1, 0.15) is 0 Å². The molecule has 1 atom stereocenters. The zero-order chi connectivity index (χ0) is 10.5. The summed E-state index contributed by atoms with van der Waals surface area (Å²) < 4.78 is 0. The van der Waals surface area contributed by atoms with E-state index in [9.17, 15) is 4.79 Å². The Morgan fingerprint density at radius 3 is 2.31 bits per heavy atom. The number of carbonyl (C=O) groups excluding carboxylic acids is 1. The van der Waals surface area contributed by atoms with Crippen molar-refractivity contribution in [2.75, 3.05) is 13.1 Å².